The van der Waals surface area contributed by atoms with Gasteiger partial charge < -0.3 is 4.90 Å². The Hall–Kier alpha value is -1.61. The van der Waals surface area contributed by atoms with Crippen LogP contribution in [0.15, 0.2) is 29.2 Å². The van der Waals surface area contributed by atoms with E-state index < -0.39 is 21.8 Å². The van der Waals surface area contributed by atoms with Crippen molar-refractivity contribution in [2.24, 2.45) is 0 Å². The molecule has 5 nitrogen and oxygen atoms in total. The van der Waals surface area contributed by atoms with Gasteiger partial charge in [0.15, 0.2) is 0 Å². The number of alkyl halides is 3. The molecule has 2 fully saturated rings. The van der Waals surface area contributed by atoms with Crippen LogP contribution >= 0.6 is 0 Å². The first-order valence-corrected chi connectivity index (χ1v) is 8.60. The van der Waals surface area contributed by atoms with Gasteiger partial charge in [-0.1, -0.05) is 6.07 Å². The predicted octanol–water partition coefficient (Wildman–Crippen LogP) is 1.70. The van der Waals surface area contributed by atoms with E-state index in [-0.39, 0.29) is 36.5 Å². The van der Waals surface area contributed by atoms with Crippen molar-refractivity contribution in [1.29, 1.82) is 0 Å². The van der Waals surface area contributed by atoms with E-state index in [9.17, 15) is 26.4 Å². The minimum absolute atomic E-state index is 0.00566. The molecule has 1 aromatic rings. The number of rotatable bonds is 2. The maximum absolute atomic E-state index is 12.8. The molecule has 0 spiro atoms. The van der Waals surface area contributed by atoms with E-state index >= 15 is 0 Å². The van der Waals surface area contributed by atoms with E-state index in [0.29, 0.717) is 18.9 Å². The number of benzene rings is 1. The van der Waals surface area contributed by atoms with Gasteiger partial charge in [0.05, 0.1) is 10.5 Å². The van der Waals surface area contributed by atoms with Gasteiger partial charge in [-0.05, 0) is 24.6 Å². The van der Waals surface area contributed by atoms with E-state index in [2.05, 4.69) is 0 Å². The largest absolute Gasteiger partial charge is 0.416 e. The zero-order chi connectivity index (χ0) is 16.8. The molecular formula is C14H15F3N2O3S. The van der Waals surface area contributed by atoms with Crippen LogP contribution in [0.3, 0.4) is 0 Å². The number of fused-ring (bicyclic) bond motifs is 1. The van der Waals surface area contributed by atoms with Gasteiger partial charge in [0.2, 0.25) is 15.9 Å². The summed E-state index contributed by atoms with van der Waals surface area (Å²) in [6, 6.07) is 3.56. The van der Waals surface area contributed by atoms with Crippen molar-refractivity contribution in [2.75, 3.05) is 19.6 Å². The van der Waals surface area contributed by atoms with Gasteiger partial charge in [0, 0.05) is 32.1 Å². The third-order valence-electron chi connectivity index (χ3n) is 4.26. The van der Waals surface area contributed by atoms with Crippen molar-refractivity contribution in [3.63, 3.8) is 0 Å². The summed E-state index contributed by atoms with van der Waals surface area (Å²) in [5.41, 5.74) is -0.992. The second kappa shape index (κ2) is 5.48. The summed E-state index contributed by atoms with van der Waals surface area (Å²) < 4.78 is 64.6. The zero-order valence-electron chi connectivity index (χ0n) is 12.1. The quantitative estimate of drug-likeness (QED) is 0.817. The summed E-state index contributed by atoms with van der Waals surface area (Å²) >= 11 is 0. The summed E-state index contributed by atoms with van der Waals surface area (Å²) in [4.78, 5) is 12.9. The number of halogens is 3. The molecule has 2 aliphatic rings. The molecule has 0 N–H and O–H groups in total. The molecule has 1 atom stereocenters. The van der Waals surface area contributed by atoms with Crippen molar-refractivity contribution in [3.8, 4) is 0 Å². The SMILES string of the molecule is O=C1CC[C@@H]2CN(S(=O)(=O)c3cccc(C(F)(F)F)c3)CCN12. The molecule has 0 radical (unpaired) electrons. The summed E-state index contributed by atoms with van der Waals surface area (Å²) in [6.07, 6.45) is -3.63. The Balaban J connectivity index is 1.86. The highest BCUT2D eigenvalue weighted by Crippen LogP contribution is 2.32. The lowest BCUT2D eigenvalue weighted by Gasteiger charge is -2.36. The smallest absolute Gasteiger partial charge is 0.337 e. The Morgan fingerprint density at radius 2 is 1.91 bits per heavy atom. The van der Waals surface area contributed by atoms with E-state index in [0.717, 1.165) is 18.2 Å². The van der Waals surface area contributed by atoms with E-state index in [4.69, 9.17) is 0 Å². The minimum Gasteiger partial charge on any atom is -0.337 e. The van der Waals surface area contributed by atoms with E-state index in [1.165, 1.54) is 4.31 Å². The third kappa shape index (κ3) is 2.94. The van der Waals surface area contributed by atoms with Crippen molar-refractivity contribution < 1.29 is 26.4 Å². The second-order valence-electron chi connectivity index (χ2n) is 5.67. The molecule has 1 amide bonds. The highest BCUT2D eigenvalue weighted by Gasteiger charge is 2.40. The van der Waals surface area contributed by atoms with Gasteiger partial charge in [-0.2, -0.15) is 17.5 Å². The Morgan fingerprint density at radius 1 is 1.17 bits per heavy atom. The molecule has 3 rings (SSSR count). The summed E-state index contributed by atoms with van der Waals surface area (Å²) in [5.74, 6) is 0.00566. The van der Waals surface area contributed by atoms with Crippen molar-refractivity contribution in [2.45, 2.75) is 30.0 Å². The number of piperazine rings is 1. The van der Waals surface area contributed by atoms with Crippen molar-refractivity contribution >= 4 is 15.9 Å². The highest BCUT2D eigenvalue weighted by atomic mass is 32.2. The number of amides is 1. The molecule has 0 aromatic heterocycles. The van der Waals surface area contributed by atoms with Crippen molar-refractivity contribution in [1.82, 2.24) is 9.21 Å². The van der Waals surface area contributed by atoms with Crippen LogP contribution in [-0.2, 0) is 21.0 Å². The van der Waals surface area contributed by atoms with Gasteiger partial charge in [0.1, 0.15) is 0 Å². The lowest BCUT2D eigenvalue weighted by Crippen LogP contribution is -2.53. The van der Waals surface area contributed by atoms with Crippen LogP contribution in [0.25, 0.3) is 0 Å². The fraction of sp³-hybridized carbons (Fsp3) is 0.500. The molecule has 0 saturated carbocycles. The van der Waals surface area contributed by atoms with E-state index in [1.807, 2.05) is 0 Å². The number of hydrogen-bond acceptors (Lipinski definition) is 3. The fourth-order valence-electron chi connectivity index (χ4n) is 3.04. The van der Waals surface area contributed by atoms with Crippen LogP contribution in [0, 0.1) is 0 Å². The first-order valence-electron chi connectivity index (χ1n) is 7.16. The first-order chi connectivity index (χ1) is 10.7. The van der Waals surface area contributed by atoms with Crippen LogP contribution < -0.4 is 0 Å². The topological polar surface area (TPSA) is 57.7 Å². The molecule has 2 saturated heterocycles. The summed E-state index contributed by atoms with van der Waals surface area (Å²) in [5, 5.41) is 0. The van der Waals surface area contributed by atoms with E-state index in [1.54, 1.807) is 4.90 Å². The number of sulfonamides is 1. The van der Waals surface area contributed by atoms with Gasteiger partial charge in [-0.25, -0.2) is 8.42 Å². The van der Waals surface area contributed by atoms with Gasteiger partial charge >= 0.3 is 6.18 Å². The molecule has 0 aliphatic carbocycles. The summed E-state index contributed by atoms with van der Waals surface area (Å²) in [7, 11) is -4.01. The zero-order valence-corrected chi connectivity index (χ0v) is 12.9. The molecule has 2 aliphatic heterocycles. The molecule has 2 heterocycles. The highest BCUT2D eigenvalue weighted by molar-refractivity contribution is 7.89. The maximum atomic E-state index is 12.8. The Morgan fingerprint density at radius 3 is 2.61 bits per heavy atom. The average Bonchev–Trinajstić information content (AvgIpc) is 2.87. The molecule has 0 unspecified atom stereocenters. The van der Waals surface area contributed by atoms with Crippen LogP contribution in [0.2, 0.25) is 0 Å². The lowest BCUT2D eigenvalue weighted by atomic mass is 10.2. The molecule has 0 bridgehead atoms. The molecule has 23 heavy (non-hydrogen) atoms. The third-order valence-corrected chi connectivity index (χ3v) is 6.12. The number of nitrogens with zero attached hydrogens (tertiary/aromatic N) is 2. The maximum Gasteiger partial charge on any atom is 0.416 e. The Kier molecular flexibility index (Phi) is 3.88. The molecular weight excluding hydrogens is 333 g/mol. The average molecular weight is 348 g/mol. The van der Waals surface area contributed by atoms with Gasteiger partial charge in [0.25, 0.3) is 0 Å². The molecule has 9 heteroatoms. The van der Waals surface area contributed by atoms with Crippen LogP contribution in [0.1, 0.15) is 18.4 Å². The Labute approximate surface area is 131 Å². The number of carbonyl (C=O) groups is 1. The molecule has 126 valence electrons. The van der Waals surface area contributed by atoms with Crippen LogP contribution in [0.4, 0.5) is 13.2 Å². The fourth-order valence-corrected chi connectivity index (χ4v) is 4.55. The van der Waals surface area contributed by atoms with Crippen molar-refractivity contribution in [3.05, 3.63) is 29.8 Å². The van der Waals surface area contributed by atoms with Gasteiger partial charge in [-0.3, -0.25) is 4.79 Å². The predicted molar refractivity (Wildman–Crippen MR) is 74.9 cm³/mol. The normalized spacial score (nSPS) is 23.2. The number of hydrogen-bond donors (Lipinski definition) is 0. The monoisotopic (exact) mass is 348 g/mol. The molecule has 1 aromatic carbocycles. The van der Waals surface area contributed by atoms with Crippen LogP contribution in [-0.4, -0.2) is 49.2 Å². The van der Waals surface area contributed by atoms with Gasteiger partial charge in [-0.15, -0.1) is 0 Å². The first kappa shape index (κ1) is 16.3. The Bertz CT molecular complexity index is 733. The minimum atomic E-state index is -4.60. The lowest BCUT2D eigenvalue weighted by molar-refractivity contribution is -0.137. The standard InChI is InChI=1S/C14H15F3N2O3S/c15-14(16,17)10-2-1-3-12(8-10)23(21,22)18-6-7-19-11(9-18)4-5-13(19)20/h1-3,8,11H,4-7,9H2/t11-/m1/s1. The second-order valence-corrected chi connectivity index (χ2v) is 7.61. The number of carbonyl (C=O) groups excluding carboxylic acids is 1. The summed E-state index contributed by atoms with van der Waals surface area (Å²) in [6.45, 7) is 0.507. The van der Waals surface area contributed by atoms with Crippen LogP contribution in [0.5, 0.6) is 0 Å².